The molecule has 1 aliphatic rings. The van der Waals surface area contributed by atoms with E-state index in [1.54, 1.807) is 4.90 Å². The molecular weight excluding hydrogens is 285 g/mol. The first-order valence-corrected chi connectivity index (χ1v) is 6.42. The van der Waals surface area contributed by atoms with Crippen LogP contribution >= 0.6 is 0 Å². The summed E-state index contributed by atoms with van der Waals surface area (Å²) in [7, 11) is 0. The van der Waals surface area contributed by atoms with E-state index < -0.39 is 29.2 Å². The average molecular weight is 298 g/mol. The van der Waals surface area contributed by atoms with Crippen molar-refractivity contribution in [3.8, 4) is 6.07 Å². The number of hydrogen-bond donors (Lipinski definition) is 1. The molecule has 1 N–H and O–H groups in total. The maximum Gasteiger partial charge on any atom is 0.417 e. The fourth-order valence-electron chi connectivity index (χ4n) is 2.47. The molecule has 0 saturated carbocycles. The van der Waals surface area contributed by atoms with Gasteiger partial charge in [0, 0.05) is 18.8 Å². The zero-order valence-electron chi connectivity index (χ0n) is 11.0. The summed E-state index contributed by atoms with van der Waals surface area (Å²) in [5, 5.41) is 17.8. The van der Waals surface area contributed by atoms with Crippen molar-refractivity contribution >= 4 is 11.7 Å². The van der Waals surface area contributed by atoms with Gasteiger partial charge in [-0.05, 0) is 31.0 Å². The third kappa shape index (κ3) is 3.27. The normalized spacial score (nSPS) is 19.1. The van der Waals surface area contributed by atoms with Gasteiger partial charge in [0.25, 0.3) is 0 Å². The molecule has 1 heterocycles. The number of halogens is 3. The van der Waals surface area contributed by atoms with Crippen molar-refractivity contribution < 1.29 is 23.1 Å². The van der Waals surface area contributed by atoms with E-state index in [-0.39, 0.29) is 6.54 Å². The topological polar surface area (TPSA) is 64.3 Å². The van der Waals surface area contributed by atoms with Crippen LogP contribution in [-0.2, 0) is 11.0 Å². The summed E-state index contributed by atoms with van der Waals surface area (Å²) in [5.41, 5.74) is -1.12. The standard InChI is InChI=1S/C14H13F3N2O2/c15-14(16,17)12-6-11(4-3-9(12)7-18)19-5-1-2-10(8-19)13(20)21/h3-4,6,10H,1-2,5,8H2,(H,20,21). The van der Waals surface area contributed by atoms with E-state index in [0.717, 1.165) is 12.1 Å². The molecule has 112 valence electrons. The summed E-state index contributed by atoms with van der Waals surface area (Å²) in [4.78, 5) is 12.6. The number of nitrogens with zero attached hydrogens (tertiary/aromatic N) is 2. The van der Waals surface area contributed by atoms with Gasteiger partial charge in [0.2, 0.25) is 0 Å². The zero-order valence-corrected chi connectivity index (χ0v) is 11.0. The number of rotatable bonds is 2. The lowest BCUT2D eigenvalue weighted by Crippen LogP contribution is -2.38. The number of piperidine rings is 1. The Hall–Kier alpha value is -2.23. The SMILES string of the molecule is N#Cc1ccc(N2CCCC(C(=O)O)C2)cc1C(F)(F)F. The van der Waals surface area contributed by atoms with Crippen molar-refractivity contribution in [3.63, 3.8) is 0 Å². The second-order valence-corrected chi connectivity index (χ2v) is 4.96. The molecule has 0 amide bonds. The fraction of sp³-hybridized carbons (Fsp3) is 0.429. The first kappa shape index (κ1) is 15.2. The van der Waals surface area contributed by atoms with Crippen LogP contribution in [0, 0.1) is 17.2 Å². The molecule has 0 spiro atoms. The lowest BCUT2D eigenvalue weighted by molar-refractivity contribution is -0.142. The minimum absolute atomic E-state index is 0.179. The summed E-state index contributed by atoms with van der Waals surface area (Å²) >= 11 is 0. The van der Waals surface area contributed by atoms with Crippen LogP contribution in [0.1, 0.15) is 24.0 Å². The third-order valence-corrected chi connectivity index (χ3v) is 3.56. The molecule has 1 atom stereocenters. The van der Waals surface area contributed by atoms with Gasteiger partial charge >= 0.3 is 12.1 Å². The van der Waals surface area contributed by atoms with E-state index in [0.29, 0.717) is 25.1 Å². The summed E-state index contributed by atoms with van der Waals surface area (Å²) in [6.07, 6.45) is -3.48. The van der Waals surface area contributed by atoms with Crippen molar-refractivity contribution in [2.75, 3.05) is 18.0 Å². The molecule has 1 saturated heterocycles. The van der Waals surface area contributed by atoms with Crippen molar-refractivity contribution in [2.24, 2.45) is 5.92 Å². The molecule has 0 aliphatic carbocycles. The maximum atomic E-state index is 12.9. The number of hydrogen-bond acceptors (Lipinski definition) is 3. The van der Waals surface area contributed by atoms with E-state index in [9.17, 15) is 18.0 Å². The number of carboxylic acid groups (broad SMARTS) is 1. The second kappa shape index (κ2) is 5.64. The number of benzene rings is 1. The van der Waals surface area contributed by atoms with Crippen molar-refractivity contribution in [2.45, 2.75) is 19.0 Å². The highest BCUT2D eigenvalue weighted by molar-refractivity contribution is 5.71. The van der Waals surface area contributed by atoms with Gasteiger partial charge in [0.15, 0.2) is 0 Å². The molecule has 1 aromatic carbocycles. The van der Waals surface area contributed by atoms with Crippen LogP contribution < -0.4 is 4.90 Å². The molecule has 1 aromatic rings. The molecule has 21 heavy (non-hydrogen) atoms. The minimum atomic E-state index is -4.61. The van der Waals surface area contributed by atoms with E-state index in [4.69, 9.17) is 10.4 Å². The zero-order chi connectivity index (χ0) is 15.6. The molecule has 2 rings (SSSR count). The third-order valence-electron chi connectivity index (χ3n) is 3.56. The quantitative estimate of drug-likeness (QED) is 0.912. The monoisotopic (exact) mass is 298 g/mol. The molecule has 0 aromatic heterocycles. The van der Waals surface area contributed by atoms with E-state index in [2.05, 4.69) is 0 Å². The molecule has 1 unspecified atom stereocenters. The van der Waals surface area contributed by atoms with Crippen LogP contribution in [0.25, 0.3) is 0 Å². The molecule has 1 fully saturated rings. The molecule has 1 aliphatic heterocycles. The Labute approximate surface area is 119 Å². The number of anilines is 1. The van der Waals surface area contributed by atoms with Crippen LogP contribution in [0.15, 0.2) is 18.2 Å². The summed E-state index contributed by atoms with van der Waals surface area (Å²) < 4.78 is 38.8. The number of alkyl halides is 3. The predicted octanol–water partition coefficient (Wildman–Crippen LogP) is 2.88. The minimum Gasteiger partial charge on any atom is -0.481 e. The Balaban J connectivity index is 2.33. The summed E-state index contributed by atoms with van der Waals surface area (Å²) in [6, 6.07) is 5.00. The van der Waals surface area contributed by atoms with Crippen LogP contribution in [-0.4, -0.2) is 24.2 Å². The highest BCUT2D eigenvalue weighted by atomic mass is 19.4. The number of aliphatic carboxylic acids is 1. The van der Waals surface area contributed by atoms with Gasteiger partial charge in [0.05, 0.1) is 23.1 Å². The first-order chi connectivity index (χ1) is 9.82. The second-order valence-electron chi connectivity index (χ2n) is 4.96. The highest BCUT2D eigenvalue weighted by Gasteiger charge is 2.35. The fourth-order valence-corrected chi connectivity index (χ4v) is 2.47. The molecule has 0 radical (unpaired) electrons. The Kier molecular flexibility index (Phi) is 4.07. The van der Waals surface area contributed by atoms with Gasteiger partial charge in [-0.25, -0.2) is 0 Å². The molecular formula is C14H13F3N2O2. The molecule has 7 heteroatoms. The summed E-state index contributed by atoms with van der Waals surface area (Å²) in [6.45, 7) is 0.686. The van der Waals surface area contributed by atoms with Gasteiger partial charge in [-0.1, -0.05) is 0 Å². The van der Waals surface area contributed by atoms with Crippen molar-refractivity contribution in [1.82, 2.24) is 0 Å². The number of carboxylic acids is 1. The predicted molar refractivity (Wildman–Crippen MR) is 68.7 cm³/mol. The van der Waals surface area contributed by atoms with Crippen molar-refractivity contribution in [3.05, 3.63) is 29.3 Å². The Bertz CT molecular complexity index is 593. The Morgan fingerprint density at radius 1 is 1.43 bits per heavy atom. The van der Waals surface area contributed by atoms with Gasteiger partial charge < -0.3 is 10.0 Å². The van der Waals surface area contributed by atoms with Crippen molar-refractivity contribution in [1.29, 1.82) is 5.26 Å². The highest BCUT2D eigenvalue weighted by Crippen LogP contribution is 2.35. The van der Waals surface area contributed by atoms with Gasteiger partial charge in [-0.15, -0.1) is 0 Å². The molecule has 0 bridgehead atoms. The number of nitriles is 1. The smallest absolute Gasteiger partial charge is 0.417 e. The Morgan fingerprint density at radius 2 is 2.14 bits per heavy atom. The van der Waals surface area contributed by atoms with Crippen LogP contribution in [0.4, 0.5) is 18.9 Å². The first-order valence-electron chi connectivity index (χ1n) is 6.42. The van der Waals surface area contributed by atoms with Gasteiger partial charge in [-0.2, -0.15) is 18.4 Å². The van der Waals surface area contributed by atoms with E-state index in [1.165, 1.54) is 12.1 Å². The van der Waals surface area contributed by atoms with E-state index >= 15 is 0 Å². The largest absolute Gasteiger partial charge is 0.481 e. The van der Waals surface area contributed by atoms with Crippen LogP contribution in [0.2, 0.25) is 0 Å². The van der Waals surface area contributed by atoms with Crippen LogP contribution in [0.5, 0.6) is 0 Å². The summed E-state index contributed by atoms with van der Waals surface area (Å²) in [5.74, 6) is -1.52. The van der Waals surface area contributed by atoms with E-state index in [1.807, 2.05) is 0 Å². The lowest BCUT2D eigenvalue weighted by atomic mass is 9.97. The number of carbonyl (C=O) groups is 1. The average Bonchev–Trinajstić information content (AvgIpc) is 2.45. The van der Waals surface area contributed by atoms with Gasteiger partial charge in [0.1, 0.15) is 0 Å². The maximum absolute atomic E-state index is 12.9. The van der Waals surface area contributed by atoms with Gasteiger partial charge in [-0.3, -0.25) is 4.79 Å². The van der Waals surface area contributed by atoms with Crippen LogP contribution in [0.3, 0.4) is 0 Å². The Morgan fingerprint density at radius 3 is 2.71 bits per heavy atom. The molecule has 4 nitrogen and oxygen atoms in total. The lowest BCUT2D eigenvalue weighted by Gasteiger charge is -2.33.